The minimum atomic E-state index is -0.853. The van der Waals surface area contributed by atoms with E-state index >= 15 is 0 Å². The van der Waals surface area contributed by atoms with Crippen molar-refractivity contribution in [3.8, 4) is 5.75 Å². The van der Waals surface area contributed by atoms with E-state index in [-0.39, 0.29) is 23.3 Å². The molecule has 1 unspecified atom stereocenters. The minimum Gasteiger partial charge on any atom is -0.507 e. The molecule has 2 aromatic heterocycles. The number of carbonyl (C=O) groups excluding carboxylic acids is 2. The molecule has 0 aliphatic carbocycles. The van der Waals surface area contributed by atoms with Crippen molar-refractivity contribution < 1.29 is 23.8 Å². The molecule has 1 aromatic carbocycles. The van der Waals surface area contributed by atoms with E-state index in [1.165, 1.54) is 11.2 Å². The first-order valence-electron chi connectivity index (χ1n) is 10.6. The first-order chi connectivity index (χ1) is 15.7. The van der Waals surface area contributed by atoms with Gasteiger partial charge in [-0.25, -0.2) is 0 Å². The molecule has 33 heavy (non-hydrogen) atoms. The summed E-state index contributed by atoms with van der Waals surface area (Å²) < 4.78 is 11.1. The van der Waals surface area contributed by atoms with Crippen molar-refractivity contribution in [3.63, 3.8) is 0 Å². The van der Waals surface area contributed by atoms with Crippen molar-refractivity contribution in [1.82, 2.24) is 9.88 Å². The van der Waals surface area contributed by atoms with Gasteiger partial charge in [0.25, 0.3) is 11.7 Å². The zero-order chi connectivity index (χ0) is 23.8. The Labute approximate surface area is 192 Å². The number of aromatic nitrogens is 1. The van der Waals surface area contributed by atoms with Crippen LogP contribution in [0.2, 0.25) is 0 Å². The van der Waals surface area contributed by atoms with Crippen LogP contribution in [0.25, 0.3) is 5.76 Å². The van der Waals surface area contributed by atoms with E-state index < -0.39 is 17.7 Å². The van der Waals surface area contributed by atoms with Gasteiger partial charge < -0.3 is 19.2 Å². The lowest BCUT2D eigenvalue weighted by Gasteiger charge is -2.24. The van der Waals surface area contributed by atoms with Crippen molar-refractivity contribution in [2.75, 3.05) is 7.11 Å². The van der Waals surface area contributed by atoms with Crippen LogP contribution >= 0.6 is 0 Å². The van der Waals surface area contributed by atoms with Crippen molar-refractivity contribution in [1.29, 1.82) is 0 Å². The van der Waals surface area contributed by atoms with Gasteiger partial charge in [-0.3, -0.25) is 14.6 Å². The average molecular weight is 447 g/mol. The Morgan fingerprint density at radius 2 is 1.88 bits per heavy atom. The summed E-state index contributed by atoms with van der Waals surface area (Å²) in [5.41, 5.74) is 1.83. The first-order valence-corrected chi connectivity index (χ1v) is 10.6. The van der Waals surface area contributed by atoms with Gasteiger partial charge >= 0.3 is 0 Å². The third kappa shape index (κ3) is 4.14. The predicted octanol–water partition coefficient (Wildman–Crippen LogP) is 4.60. The number of amides is 1. The van der Waals surface area contributed by atoms with E-state index in [4.69, 9.17) is 9.15 Å². The summed E-state index contributed by atoms with van der Waals surface area (Å²) in [4.78, 5) is 31.6. The molecule has 4 rings (SSSR count). The van der Waals surface area contributed by atoms with Gasteiger partial charge in [-0.1, -0.05) is 20.8 Å². The van der Waals surface area contributed by atoms with Crippen molar-refractivity contribution in [3.05, 3.63) is 89.1 Å². The molecule has 1 aliphatic heterocycles. The summed E-state index contributed by atoms with van der Waals surface area (Å²) >= 11 is 0. The maximum absolute atomic E-state index is 13.1. The lowest BCUT2D eigenvalue weighted by atomic mass is 9.84. The average Bonchev–Trinajstić information content (AvgIpc) is 3.41. The molecule has 1 fully saturated rings. The molecule has 0 bridgehead atoms. The topological polar surface area (TPSA) is 92.9 Å². The van der Waals surface area contributed by atoms with Gasteiger partial charge in [0.15, 0.2) is 0 Å². The highest BCUT2D eigenvalue weighted by atomic mass is 16.5. The van der Waals surface area contributed by atoms with Crippen molar-refractivity contribution in [2.24, 2.45) is 0 Å². The van der Waals surface area contributed by atoms with E-state index in [1.54, 1.807) is 62.0 Å². The van der Waals surface area contributed by atoms with Crippen LogP contribution in [0.15, 0.2) is 71.1 Å². The largest absolute Gasteiger partial charge is 0.507 e. The quantitative estimate of drug-likeness (QED) is 0.350. The number of nitrogens with zero attached hydrogens (tertiary/aromatic N) is 2. The van der Waals surface area contributed by atoms with Gasteiger partial charge in [0.05, 0.1) is 18.9 Å². The summed E-state index contributed by atoms with van der Waals surface area (Å²) in [6.45, 7) is 6.27. The maximum Gasteiger partial charge on any atom is 0.296 e. The fraction of sp³-hybridized carbons (Fsp3) is 0.269. The summed E-state index contributed by atoms with van der Waals surface area (Å²) in [5, 5.41) is 11.3. The molecule has 170 valence electrons. The molecule has 1 atom stereocenters. The Kier molecular flexibility index (Phi) is 5.80. The normalized spacial score (nSPS) is 18.1. The second-order valence-electron chi connectivity index (χ2n) is 8.96. The lowest BCUT2D eigenvalue weighted by Crippen LogP contribution is -2.29. The van der Waals surface area contributed by atoms with E-state index in [1.807, 2.05) is 20.8 Å². The molecule has 0 saturated carbocycles. The summed E-state index contributed by atoms with van der Waals surface area (Å²) in [7, 11) is 1.59. The number of carbonyl (C=O) groups is 2. The zero-order valence-corrected chi connectivity index (χ0v) is 19.0. The third-order valence-corrected chi connectivity index (χ3v) is 5.74. The third-order valence-electron chi connectivity index (χ3n) is 5.74. The maximum atomic E-state index is 13.1. The van der Waals surface area contributed by atoms with Crippen LogP contribution in [0.1, 0.15) is 49.3 Å². The molecular formula is C26H26N2O5. The molecule has 1 amide bonds. The summed E-state index contributed by atoms with van der Waals surface area (Å²) in [5.74, 6) is -0.621. The van der Waals surface area contributed by atoms with Gasteiger partial charge in [0, 0.05) is 30.1 Å². The fourth-order valence-electron chi connectivity index (χ4n) is 4.07. The number of ether oxygens (including phenoxy) is 1. The molecule has 0 radical (unpaired) electrons. The Hall–Kier alpha value is -3.87. The van der Waals surface area contributed by atoms with E-state index in [0.29, 0.717) is 17.1 Å². The van der Waals surface area contributed by atoms with Crippen LogP contribution in [0.5, 0.6) is 5.75 Å². The number of likely N-dealkylation sites (tertiary alicyclic amines) is 1. The van der Waals surface area contributed by atoms with Crippen LogP contribution in [-0.2, 0) is 21.5 Å². The molecule has 3 aromatic rings. The molecule has 1 aliphatic rings. The number of methoxy groups -OCH3 is 1. The Morgan fingerprint density at radius 1 is 1.15 bits per heavy atom. The minimum absolute atomic E-state index is 0.00553. The number of hydrogen-bond acceptors (Lipinski definition) is 6. The van der Waals surface area contributed by atoms with Crippen LogP contribution in [-0.4, -0.2) is 33.8 Å². The molecular weight excluding hydrogens is 420 g/mol. The Morgan fingerprint density at radius 3 is 2.48 bits per heavy atom. The Bertz CT molecular complexity index is 1210. The second kappa shape index (κ2) is 8.58. The molecule has 3 heterocycles. The van der Waals surface area contributed by atoms with Crippen LogP contribution in [0.3, 0.4) is 0 Å². The highest BCUT2D eigenvalue weighted by Crippen LogP contribution is 2.41. The number of pyridine rings is 1. The zero-order valence-electron chi connectivity index (χ0n) is 19.0. The number of furan rings is 1. The summed E-state index contributed by atoms with van der Waals surface area (Å²) in [6, 6.07) is 11.3. The molecule has 7 nitrogen and oxygen atoms in total. The number of Topliss-reactive ketones (excluding diaryl/α,β-unsaturated/α-hetero) is 1. The highest BCUT2D eigenvalue weighted by Gasteiger charge is 2.47. The monoisotopic (exact) mass is 446 g/mol. The van der Waals surface area contributed by atoms with E-state index in [2.05, 4.69) is 4.98 Å². The van der Waals surface area contributed by atoms with Crippen LogP contribution in [0.4, 0.5) is 0 Å². The highest BCUT2D eigenvalue weighted by molar-refractivity contribution is 6.46. The predicted molar refractivity (Wildman–Crippen MR) is 122 cm³/mol. The first kappa shape index (κ1) is 22.3. The number of aliphatic hydroxyl groups excluding tert-OH is 1. The number of rotatable bonds is 5. The second-order valence-corrected chi connectivity index (χ2v) is 8.96. The number of benzene rings is 1. The standard InChI is InChI=1S/C26H26N2O5/c1-26(2,3)18-14-17(7-8-19(18)32-4)23(29)21-22(20-6-5-13-33-20)28(25(31)24(21)30)15-16-9-11-27-12-10-16/h5-14,22,29H,15H2,1-4H3/b23-21-. The van der Waals surface area contributed by atoms with E-state index in [9.17, 15) is 14.7 Å². The molecule has 7 heteroatoms. The smallest absolute Gasteiger partial charge is 0.296 e. The van der Waals surface area contributed by atoms with Crippen LogP contribution < -0.4 is 4.74 Å². The number of hydrogen-bond donors (Lipinski definition) is 1. The van der Waals surface area contributed by atoms with Crippen LogP contribution in [0, 0.1) is 0 Å². The SMILES string of the molecule is COc1ccc(/C(O)=C2/C(=O)C(=O)N(Cc3ccncc3)C2c2ccco2)cc1C(C)(C)C. The van der Waals surface area contributed by atoms with Gasteiger partial charge in [0.2, 0.25) is 0 Å². The number of ketones is 1. The Balaban J connectivity index is 1.86. The van der Waals surface area contributed by atoms with E-state index in [0.717, 1.165) is 11.1 Å². The van der Waals surface area contributed by atoms with Gasteiger partial charge in [-0.2, -0.15) is 0 Å². The molecule has 0 spiro atoms. The van der Waals surface area contributed by atoms with Crippen molar-refractivity contribution >= 4 is 17.4 Å². The molecule has 1 N–H and O–H groups in total. The summed E-state index contributed by atoms with van der Waals surface area (Å²) in [6.07, 6.45) is 4.73. The van der Waals surface area contributed by atoms with Crippen molar-refractivity contribution in [2.45, 2.75) is 38.8 Å². The van der Waals surface area contributed by atoms with Gasteiger partial charge in [-0.05, 0) is 53.4 Å². The number of aliphatic hydroxyl groups is 1. The molecule has 1 saturated heterocycles. The lowest BCUT2D eigenvalue weighted by molar-refractivity contribution is -0.140. The van der Waals surface area contributed by atoms with Gasteiger partial charge in [-0.15, -0.1) is 0 Å². The van der Waals surface area contributed by atoms with Gasteiger partial charge in [0.1, 0.15) is 23.3 Å². The fourth-order valence-corrected chi connectivity index (χ4v) is 4.07.